The van der Waals surface area contributed by atoms with Gasteiger partial charge in [0.2, 0.25) is 0 Å². The summed E-state index contributed by atoms with van der Waals surface area (Å²) in [5, 5.41) is 0.738. The fourth-order valence-corrected chi connectivity index (χ4v) is 0.507. The van der Waals surface area contributed by atoms with Crippen LogP contribution in [0.5, 0.6) is 0 Å². The zero-order valence-corrected chi connectivity index (χ0v) is 18.0. The average molecular weight is 512 g/mol. The van der Waals surface area contributed by atoms with Crippen LogP contribution in [-0.4, -0.2) is 38.5 Å². The maximum absolute atomic E-state index is 11.2. The molecule has 23 heavy (non-hydrogen) atoms. The van der Waals surface area contributed by atoms with Crippen LogP contribution < -0.4 is 0 Å². The zero-order chi connectivity index (χ0) is 19.3. The molecule has 141 valence electrons. The first-order chi connectivity index (χ1) is 10.3. The Bertz CT molecular complexity index is 356. The number of halogens is 8. The Morgan fingerprint density at radius 2 is 1.26 bits per heavy atom. The first kappa shape index (κ1) is 28.7. The summed E-state index contributed by atoms with van der Waals surface area (Å²) in [5.74, 6) is -7.80. The van der Waals surface area contributed by atoms with E-state index in [-0.39, 0.29) is 0 Å². The van der Waals surface area contributed by atoms with Gasteiger partial charge in [0.1, 0.15) is 15.8 Å². The van der Waals surface area contributed by atoms with Gasteiger partial charge in [-0.25, -0.2) is 0 Å². The molecule has 0 aromatic heterocycles. The van der Waals surface area contributed by atoms with E-state index in [1.165, 1.54) is 26.7 Å². The Kier molecular flexibility index (Phi) is 19.0. The van der Waals surface area contributed by atoms with Gasteiger partial charge in [0.15, 0.2) is 0 Å². The van der Waals surface area contributed by atoms with E-state index >= 15 is 0 Å². The molecule has 0 aliphatic heterocycles. The van der Waals surface area contributed by atoms with Crippen molar-refractivity contribution in [3.8, 4) is 0 Å². The molecule has 1 aromatic carbocycles. The molecular weight excluding hydrogens is 494 g/mol. The van der Waals surface area contributed by atoms with E-state index < -0.39 is 27.7 Å². The summed E-state index contributed by atoms with van der Waals surface area (Å²) in [6, 6.07) is 10.0. The third-order valence-corrected chi connectivity index (χ3v) is 4.31. The van der Waals surface area contributed by atoms with Crippen LogP contribution in [0, 0.1) is 6.07 Å². The zero-order valence-electron chi connectivity index (χ0n) is 12.6. The maximum atomic E-state index is 11.2. The van der Waals surface area contributed by atoms with E-state index in [0.717, 1.165) is 5.02 Å². The third-order valence-electron chi connectivity index (χ3n) is 1.80. The van der Waals surface area contributed by atoms with Gasteiger partial charge in [0.05, 0.1) is 26.7 Å². The molecule has 0 heterocycles. The van der Waals surface area contributed by atoms with Crippen LogP contribution in [0.2, 0.25) is 5.02 Å². The van der Waals surface area contributed by atoms with E-state index in [1.54, 1.807) is 6.07 Å². The molecular formula is C12H18BrClF6NiP2+. The van der Waals surface area contributed by atoms with Gasteiger partial charge in [-0.05, 0) is 0 Å². The molecule has 0 aliphatic rings. The SMILES string of the molecule is C[PH+](C)C(F)(F)F.C[PH+](C)C(F)(F)F.Clc1c[c-]ccc1.[Ni][Br]. The molecule has 11 heteroatoms. The Morgan fingerprint density at radius 1 is 0.957 bits per heavy atom. The molecule has 0 N–H and O–H groups in total. The van der Waals surface area contributed by atoms with Crippen molar-refractivity contribution in [1.29, 1.82) is 0 Å². The molecule has 0 atom stereocenters. The minimum atomic E-state index is -3.90. The second-order valence-corrected chi connectivity index (χ2v) is 9.79. The predicted octanol–water partition coefficient (Wildman–Crippen LogP) is 6.94. The van der Waals surface area contributed by atoms with Crippen molar-refractivity contribution >= 4 is 41.7 Å². The Labute approximate surface area is 155 Å². The van der Waals surface area contributed by atoms with Gasteiger partial charge in [-0.1, -0.05) is 5.02 Å². The number of hydrogen-bond donors (Lipinski definition) is 0. The van der Waals surface area contributed by atoms with Crippen molar-refractivity contribution in [3.05, 3.63) is 35.4 Å². The van der Waals surface area contributed by atoms with Gasteiger partial charge in [-0.3, -0.25) is 0 Å². The Morgan fingerprint density at radius 3 is 1.35 bits per heavy atom. The minimum absolute atomic E-state index is 0.738. The molecule has 0 bridgehead atoms. The molecule has 0 fully saturated rings. The van der Waals surface area contributed by atoms with E-state index in [2.05, 4.69) is 34.0 Å². The molecule has 0 spiro atoms. The molecule has 1 rings (SSSR count). The van der Waals surface area contributed by atoms with Crippen molar-refractivity contribution in [2.45, 2.75) is 11.8 Å². The van der Waals surface area contributed by atoms with Crippen LogP contribution in [0.3, 0.4) is 0 Å². The standard InChI is InChI=1S/C6H4Cl.2C3H6F3P.BrH.Ni/c7-6-4-2-1-3-5-6;2*1-7(2)3(4,5)6;;/h1-2,4-5H;2*1-2H3;1H;/q-1;;;;+1/p+1. The first-order valence-corrected chi connectivity index (χ1v) is 13.6. The summed E-state index contributed by atoms with van der Waals surface area (Å²) in [7, 11) is -4.10. The topological polar surface area (TPSA) is 0 Å². The van der Waals surface area contributed by atoms with Gasteiger partial charge in [0.25, 0.3) is 0 Å². The molecule has 0 amide bonds. The average Bonchev–Trinajstić information content (AvgIpc) is 2.41. The second kappa shape index (κ2) is 15.2. The van der Waals surface area contributed by atoms with Crippen LogP contribution in [0.15, 0.2) is 24.3 Å². The van der Waals surface area contributed by atoms with Crippen LogP contribution in [0.4, 0.5) is 26.3 Å². The molecule has 0 nitrogen and oxygen atoms in total. The number of benzene rings is 1. The molecule has 0 radical (unpaired) electrons. The summed E-state index contributed by atoms with van der Waals surface area (Å²) in [4.78, 5) is 0. The summed E-state index contributed by atoms with van der Waals surface area (Å²) in [6.07, 6.45) is 0. The third kappa shape index (κ3) is 22.9. The van der Waals surface area contributed by atoms with Gasteiger partial charge in [0, 0.05) is 0 Å². The summed E-state index contributed by atoms with van der Waals surface area (Å²) in [5.41, 5.74) is 0. The predicted molar refractivity (Wildman–Crippen MR) is 91.7 cm³/mol. The van der Waals surface area contributed by atoms with Crippen molar-refractivity contribution in [2.75, 3.05) is 26.7 Å². The van der Waals surface area contributed by atoms with Crippen molar-refractivity contribution in [2.24, 2.45) is 0 Å². The number of rotatable bonds is 0. The van der Waals surface area contributed by atoms with Crippen LogP contribution in [-0.2, 0) is 13.7 Å². The van der Waals surface area contributed by atoms with E-state index in [9.17, 15) is 26.3 Å². The Balaban J connectivity index is -0.000000247. The number of alkyl halides is 6. The van der Waals surface area contributed by atoms with Crippen molar-refractivity contribution < 1.29 is 40.0 Å². The van der Waals surface area contributed by atoms with Gasteiger partial charge < -0.3 is 0 Å². The summed E-state index contributed by atoms with van der Waals surface area (Å²) < 4.78 is 67.3. The fraction of sp³-hybridized carbons (Fsp3) is 0.500. The fourth-order valence-electron chi connectivity index (χ4n) is 0.371. The monoisotopic (exact) mass is 510 g/mol. The summed E-state index contributed by atoms with van der Waals surface area (Å²) >= 11 is 11.8. The van der Waals surface area contributed by atoms with Gasteiger partial charge in [-0.2, -0.15) is 41.9 Å². The van der Waals surface area contributed by atoms with Crippen molar-refractivity contribution in [3.63, 3.8) is 0 Å². The van der Waals surface area contributed by atoms with E-state index in [0.29, 0.717) is 0 Å². The van der Waals surface area contributed by atoms with Gasteiger partial charge in [-0.15, -0.1) is 26.3 Å². The molecule has 0 saturated heterocycles. The van der Waals surface area contributed by atoms with Crippen LogP contribution >= 0.6 is 41.7 Å². The second-order valence-electron chi connectivity index (χ2n) is 4.22. The molecule has 0 unspecified atom stereocenters. The quantitative estimate of drug-likeness (QED) is 0.153. The summed E-state index contributed by atoms with van der Waals surface area (Å²) in [6.45, 7) is 4.91. The Hall–Kier alpha value is 0.924. The molecule has 0 aliphatic carbocycles. The van der Waals surface area contributed by atoms with E-state index in [1.807, 2.05) is 18.2 Å². The van der Waals surface area contributed by atoms with Crippen LogP contribution in [0.1, 0.15) is 0 Å². The molecule has 0 saturated carbocycles. The number of hydrogen-bond acceptors (Lipinski definition) is 0. The van der Waals surface area contributed by atoms with Crippen molar-refractivity contribution in [1.82, 2.24) is 0 Å². The normalized spacial score (nSPS) is 10.8. The van der Waals surface area contributed by atoms with Gasteiger partial charge >= 0.3 is 39.8 Å². The van der Waals surface area contributed by atoms with E-state index in [4.69, 9.17) is 11.6 Å². The first-order valence-electron chi connectivity index (χ1n) is 5.76. The molecule has 1 aromatic rings. The van der Waals surface area contributed by atoms with Crippen LogP contribution in [0.25, 0.3) is 0 Å².